The SMILES string of the molecule is CCOC(=O)/C(C#N)=C/c1cccc(OC(=O)COc2cc(C)c(Cl)c(C)c2)c1. The van der Waals surface area contributed by atoms with E-state index in [4.69, 9.17) is 31.1 Å². The lowest BCUT2D eigenvalue weighted by molar-refractivity contribution is -0.138. The molecule has 7 heteroatoms. The van der Waals surface area contributed by atoms with Gasteiger partial charge >= 0.3 is 11.9 Å². The number of hydrogen-bond acceptors (Lipinski definition) is 6. The fourth-order valence-corrected chi connectivity index (χ4v) is 2.58. The van der Waals surface area contributed by atoms with Gasteiger partial charge in [-0.2, -0.15) is 5.26 Å². The monoisotopic (exact) mass is 413 g/mol. The number of rotatable bonds is 7. The molecule has 0 bridgehead atoms. The van der Waals surface area contributed by atoms with Crippen LogP contribution in [-0.4, -0.2) is 25.2 Å². The first-order valence-electron chi connectivity index (χ1n) is 8.83. The van der Waals surface area contributed by atoms with Gasteiger partial charge in [-0.25, -0.2) is 9.59 Å². The molecule has 0 heterocycles. The Kier molecular flexibility index (Phi) is 7.81. The Morgan fingerprint density at radius 1 is 1.14 bits per heavy atom. The van der Waals surface area contributed by atoms with E-state index in [0.717, 1.165) is 11.1 Å². The van der Waals surface area contributed by atoms with Gasteiger partial charge in [-0.3, -0.25) is 0 Å². The molecule has 0 aliphatic rings. The molecule has 29 heavy (non-hydrogen) atoms. The van der Waals surface area contributed by atoms with Crippen molar-refractivity contribution in [2.45, 2.75) is 20.8 Å². The van der Waals surface area contributed by atoms with Crippen LogP contribution in [0.15, 0.2) is 42.0 Å². The summed E-state index contributed by atoms with van der Waals surface area (Å²) in [6.45, 7) is 5.24. The molecule has 0 saturated carbocycles. The molecule has 0 spiro atoms. The highest BCUT2D eigenvalue weighted by molar-refractivity contribution is 6.32. The first-order valence-corrected chi connectivity index (χ1v) is 9.21. The minimum atomic E-state index is -0.709. The van der Waals surface area contributed by atoms with Crippen molar-refractivity contribution in [2.75, 3.05) is 13.2 Å². The topological polar surface area (TPSA) is 85.6 Å². The van der Waals surface area contributed by atoms with E-state index in [9.17, 15) is 9.59 Å². The first kappa shape index (κ1) is 22.0. The molecule has 0 aromatic heterocycles. The summed E-state index contributed by atoms with van der Waals surface area (Å²) in [6.07, 6.45) is 1.37. The van der Waals surface area contributed by atoms with Crippen LogP contribution in [0.1, 0.15) is 23.6 Å². The molecule has 0 amide bonds. The molecule has 150 valence electrons. The lowest BCUT2D eigenvalue weighted by Crippen LogP contribution is -2.17. The molecule has 2 rings (SSSR count). The average molecular weight is 414 g/mol. The quantitative estimate of drug-likeness (QED) is 0.289. The van der Waals surface area contributed by atoms with Crippen LogP contribution in [0.2, 0.25) is 5.02 Å². The Morgan fingerprint density at radius 2 is 1.83 bits per heavy atom. The van der Waals surface area contributed by atoms with Crippen LogP contribution in [0.3, 0.4) is 0 Å². The van der Waals surface area contributed by atoms with Crippen LogP contribution in [0.5, 0.6) is 11.5 Å². The molecule has 0 unspecified atom stereocenters. The van der Waals surface area contributed by atoms with Gasteiger partial charge in [0.05, 0.1) is 6.61 Å². The number of aryl methyl sites for hydroxylation is 2. The number of ether oxygens (including phenoxy) is 3. The first-order chi connectivity index (χ1) is 13.8. The van der Waals surface area contributed by atoms with Crippen LogP contribution >= 0.6 is 11.6 Å². The zero-order chi connectivity index (χ0) is 21.4. The largest absolute Gasteiger partial charge is 0.482 e. The molecule has 0 fully saturated rings. The minimum absolute atomic E-state index is 0.146. The summed E-state index contributed by atoms with van der Waals surface area (Å²) in [6, 6.07) is 11.7. The van der Waals surface area contributed by atoms with E-state index in [1.54, 1.807) is 43.3 Å². The summed E-state index contributed by atoms with van der Waals surface area (Å²) in [5, 5.41) is 9.76. The van der Waals surface area contributed by atoms with E-state index in [2.05, 4.69) is 0 Å². The van der Waals surface area contributed by atoms with Crippen molar-refractivity contribution in [3.8, 4) is 17.6 Å². The van der Waals surface area contributed by atoms with Crippen LogP contribution in [-0.2, 0) is 14.3 Å². The normalized spacial score (nSPS) is 10.8. The van der Waals surface area contributed by atoms with Crippen molar-refractivity contribution >= 4 is 29.6 Å². The van der Waals surface area contributed by atoms with Gasteiger partial charge in [-0.15, -0.1) is 0 Å². The zero-order valence-corrected chi connectivity index (χ0v) is 17.1. The Morgan fingerprint density at radius 3 is 2.45 bits per heavy atom. The molecule has 6 nitrogen and oxygen atoms in total. The van der Waals surface area contributed by atoms with Crippen molar-refractivity contribution < 1.29 is 23.8 Å². The van der Waals surface area contributed by atoms with Gasteiger partial charge < -0.3 is 14.2 Å². The molecule has 0 radical (unpaired) electrons. The maximum Gasteiger partial charge on any atom is 0.349 e. The Bertz CT molecular complexity index is 968. The highest BCUT2D eigenvalue weighted by Gasteiger charge is 2.11. The maximum absolute atomic E-state index is 12.1. The molecule has 2 aromatic rings. The fraction of sp³-hybridized carbons (Fsp3) is 0.227. The second kappa shape index (κ2) is 10.3. The lowest BCUT2D eigenvalue weighted by Gasteiger charge is -2.10. The molecule has 0 N–H and O–H groups in total. The number of nitrogens with zero attached hydrogens (tertiary/aromatic N) is 1. The van der Waals surface area contributed by atoms with Crippen molar-refractivity contribution in [1.82, 2.24) is 0 Å². The van der Waals surface area contributed by atoms with E-state index < -0.39 is 11.9 Å². The fourth-order valence-electron chi connectivity index (χ4n) is 2.47. The predicted molar refractivity (Wildman–Crippen MR) is 109 cm³/mol. The van der Waals surface area contributed by atoms with Crippen molar-refractivity contribution in [3.63, 3.8) is 0 Å². The van der Waals surface area contributed by atoms with Gasteiger partial charge in [0.15, 0.2) is 6.61 Å². The van der Waals surface area contributed by atoms with Gasteiger partial charge in [-0.1, -0.05) is 23.7 Å². The molecule has 0 aliphatic heterocycles. The molecule has 0 saturated heterocycles. The lowest BCUT2D eigenvalue weighted by atomic mass is 10.1. The number of carbonyl (C=O) groups excluding carboxylic acids is 2. The van der Waals surface area contributed by atoms with E-state index in [1.807, 2.05) is 13.8 Å². The van der Waals surface area contributed by atoms with Gasteiger partial charge in [0.2, 0.25) is 0 Å². The highest BCUT2D eigenvalue weighted by Crippen LogP contribution is 2.26. The minimum Gasteiger partial charge on any atom is -0.482 e. The molecular formula is C22H20ClNO5. The van der Waals surface area contributed by atoms with Gasteiger partial charge in [-0.05, 0) is 67.8 Å². The van der Waals surface area contributed by atoms with E-state index in [0.29, 0.717) is 16.3 Å². The third-order valence-electron chi connectivity index (χ3n) is 3.78. The van der Waals surface area contributed by atoms with Gasteiger partial charge in [0, 0.05) is 5.02 Å². The van der Waals surface area contributed by atoms with Crippen molar-refractivity contribution in [2.24, 2.45) is 0 Å². The summed E-state index contributed by atoms with van der Waals surface area (Å²) in [5.74, 6) is -0.523. The van der Waals surface area contributed by atoms with E-state index in [-0.39, 0.29) is 24.5 Å². The molecule has 0 aliphatic carbocycles. The number of nitriles is 1. The number of esters is 2. The van der Waals surface area contributed by atoms with E-state index in [1.165, 1.54) is 12.1 Å². The van der Waals surface area contributed by atoms with E-state index >= 15 is 0 Å². The smallest absolute Gasteiger partial charge is 0.349 e. The van der Waals surface area contributed by atoms with Crippen LogP contribution in [0, 0.1) is 25.2 Å². The predicted octanol–water partition coefficient (Wildman–Crippen LogP) is 4.41. The summed E-state index contributed by atoms with van der Waals surface area (Å²) in [5.41, 5.74) is 2.07. The van der Waals surface area contributed by atoms with Crippen LogP contribution in [0.4, 0.5) is 0 Å². The third-order valence-corrected chi connectivity index (χ3v) is 4.38. The standard InChI is InChI=1S/C22H20ClNO5/c1-4-27-22(26)17(12-24)10-16-6-5-7-18(11-16)29-20(25)13-28-19-8-14(2)21(23)15(3)9-19/h5-11H,4,13H2,1-3H3/b17-10+. The summed E-state index contributed by atoms with van der Waals surface area (Å²) in [7, 11) is 0. The second-order valence-corrected chi connectivity index (χ2v) is 6.47. The summed E-state index contributed by atoms with van der Waals surface area (Å²) >= 11 is 6.12. The Balaban J connectivity index is 2.03. The summed E-state index contributed by atoms with van der Waals surface area (Å²) in [4.78, 5) is 23.8. The van der Waals surface area contributed by atoms with Crippen molar-refractivity contribution in [1.29, 1.82) is 5.26 Å². The molecule has 0 atom stereocenters. The van der Waals surface area contributed by atoms with Crippen LogP contribution in [0.25, 0.3) is 6.08 Å². The maximum atomic E-state index is 12.1. The number of hydrogen-bond donors (Lipinski definition) is 0. The van der Waals surface area contributed by atoms with Gasteiger partial charge in [0.25, 0.3) is 0 Å². The molecular weight excluding hydrogens is 394 g/mol. The third kappa shape index (κ3) is 6.37. The Labute approximate surface area is 174 Å². The molecule has 2 aromatic carbocycles. The number of carbonyl (C=O) groups is 2. The number of halogens is 1. The zero-order valence-electron chi connectivity index (χ0n) is 16.3. The van der Waals surface area contributed by atoms with Crippen molar-refractivity contribution in [3.05, 3.63) is 63.7 Å². The Hall–Kier alpha value is -3.30. The average Bonchev–Trinajstić information content (AvgIpc) is 2.69. The highest BCUT2D eigenvalue weighted by atomic mass is 35.5. The van der Waals surface area contributed by atoms with Crippen LogP contribution < -0.4 is 9.47 Å². The summed E-state index contributed by atoms with van der Waals surface area (Å²) < 4.78 is 15.6. The second-order valence-electron chi connectivity index (χ2n) is 6.10. The van der Waals surface area contributed by atoms with Gasteiger partial charge in [0.1, 0.15) is 23.1 Å². The number of benzene rings is 2.